The standard InChI is InChI=1S/C16H15N7/c1-11-19-15(17)14-13(10-22-9-5-8-18-22)23(21-16(14)20-11)12-6-3-2-4-7-12/h2-9H,10H2,1H3,(H2,17,19,20,21). The lowest BCUT2D eigenvalue weighted by atomic mass is 10.2. The first-order chi connectivity index (χ1) is 11.2. The van der Waals surface area contributed by atoms with Crippen LogP contribution in [0, 0.1) is 6.92 Å². The number of aromatic nitrogens is 6. The van der Waals surface area contributed by atoms with E-state index in [1.165, 1.54) is 0 Å². The van der Waals surface area contributed by atoms with Crippen molar-refractivity contribution in [1.29, 1.82) is 0 Å². The molecule has 0 saturated carbocycles. The number of para-hydroxylation sites is 1. The molecule has 3 heterocycles. The molecule has 23 heavy (non-hydrogen) atoms. The quantitative estimate of drug-likeness (QED) is 0.625. The maximum Gasteiger partial charge on any atom is 0.187 e. The summed E-state index contributed by atoms with van der Waals surface area (Å²) in [5.74, 6) is 1.05. The van der Waals surface area contributed by atoms with E-state index in [9.17, 15) is 0 Å². The van der Waals surface area contributed by atoms with Crippen LogP contribution in [0.15, 0.2) is 48.8 Å². The number of nitrogens with zero attached hydrogens (tertiary/aromatic N) is 6. The van der Waals surface area contributed by atoms with E-state index in [0.29, 0.717) is 23.8 Å². The van der Waals surface area contributed by atoms with Crippen LogP contribution in [0.25, 0.3) is 16.7 Å². The number of nitrogen functional groups attached to an aromatic ring is 1. The molecule has 0 amide bonds. The molecule has 0 aliphatic heterocycles. The average Bonchev–Trinajstić information content (AvgIpc) is 3.16. The molecule has 2 N–H and O–H groups in total. The zero-order valence-corrected chi connectivity index (χ0v) is 12.6. The van der Waals surface area contributed by atoms with Crippen molar-refractivity contribution in [2.45, 2.75) is 13.5 Å². The van der Waals surface area contributed by atoms with Gasteiger partial charge in [-0.05, 0) is 25.1 Å². The third kappa shape index (κ3) is 2.32. The molecule has 0 atom stereocenters. The maximum absolute atomic E-state index is 6.14. The lowest BCUT2D eigenvalue weighted by molar-refractivity contribution is 0.651. The molecule has 7 heteroatoms. The van der Waals surface area contributed by atoms with Crippen molar-refractivity contribution in [3.05, 3.63) is 60.3 Å². The monoisotopic (exact) mass is 305 g/mol. The van der Waals surface area contributed by atoms with Crippen LogP contribution in [-0.2, 0) is 6.54 Å². The summed E-state index contributed by atoms with van der Waals surface area (Å²) in [7, 11) is 0. The summed E-state index contributed by atoms with van der Waals surface area (Å²) in [6.07, 6.45) is 3.65. The minimum absolute atomic E-state index is 0.442. The zero-order valence-electron chi connectivity index (χ0n) is 12.6. The molecule has 1 aromatic carbocycles. The number of fused-ring (bicyclic) bond motifs is 1. The molecular formula is C16H15N7. The molecule has 0 radical (unpaired) electrons. The molecule has 7 nitrogen and oxygen atoms in total. The van der Waals surface area contributed by atoms with Gasteiger partial charge in [-0.2, -0.15) is 5.10 Å². The Morgan fingerprint density at radius 3 is 2.65 bits per heavy atom. The molecule has 0 saturated heterocycles. The van der Waals surface area contributed by atoms with E-state index in [2.05, 4.69) is 20.2 Å². The zero-order chi connectivity index (χ0) is 15.8. The Kier molecular flexibility index (Phi) is 3.04. The van der Waals surface area contributed by atoms with Crippen LogP contribution < -0.4 is 5.73 Å². The number of rotatable bonds is 3. The lowest BCUT2D eigenvalue weighted by Gasteiger charge is -2.08. The van der Waals surface area contributed by atoms with Crippen LogP contribution in [0.2, 0.25) is 0 Å². The van der Waals surface area contributed by atoms with Crippen LogP contribution in [0.5, 0.6) is 0 Å². The first-order valence-corrected chi connectivity index (χ1v) is 7.27. The van der Waals surface area contributed by atoms with Gasteiger partial charge in [-0.15, -0.1) is 5.10 Å². The van der Waals surface area contributed by atoms with Crippen molar-refractivity contribution in [3.8, 4) is 5.69 Å². The molecule has 0 bridgehead atoms. The Bertz CT molecular complexity index is 955. The number of benzene rings is 1. The van der Waals surface area contributed by atoms with Crippen molar-refractivity contribution in [2.75, 3.05) is 5.73 Å². The highest BCUT2D eigenvalue weighted by molar-refractivity contribution is 5.88. The normalized spacial score (nSPS) is 11.2. The first kappa shape index (κ1) is 13.4. The van der Waals surface area contributed by atoms with Crippen LogP contribution in [-0.4, -0.2) is 29.5 Å². The average molecular weight is 305 g/mol. The van der Waals surface area contributed by atoms with Crippen LogP contribution in [0.3, 0.4) is 0 Å². The van der Waals surface area contributed by atoms with E-state index in [1.807, 2.05) is 58.9 Å². The van der Waals surface area contributed by atoms with Crippen LogP contribution in [0.1, 0.15) is 11.5 Å². The smallest absolute Gasteiger partial charge is 0.187 e. The van der Waals surface area contributed by atoms with Crippen molar-refractivity contribution >= 4 is 16.9 Å². The van der Waals surface area contributed by atoms with E-state index >= 15 is 0 Å². The van der Waals surface area contributed by atoms with E-state index in [-0.39, 0.29) is 0 Å². The van der Waals surface area contributed by atoms with Gasteiger partial charge in [0.25, 0.3) is 0 Å². The van der Waals surface area contributed by atoms with Gasteiger partial charge in [0.2, 0.25) is 0 Å². The maximum atomic E-state index is 6.14. The highest BCUT2D eigenvalue weighted by Crippen LogP contribution is 2.25. The summed E-state index contributed by atoms with van der Waals surface area (Å²) in [4.78, 5) is 8.70. The number of hydrogen-bond donors (Lipinski definition) is 1. The predicted molar refractivity (Wildman–Crippen MR) is 87.1 cm³/mol. The summed E-state index contributed by atoms with van der Waals surface area (Å²) in [6, 6.07) is 11.8. The molecule has 0 fully saturated rings. The minimum Gasteiger partial charge on any atom is -0.383 e. The molecule has 0 aliphatic rings. The molecule has 0 unspecified atom stereocenters. The summed E-state index contributed by atoms with van der Waals surface area (Å²) in [5.41, 5.74) is 8.60. The SMILES string of the molecule is Cc1nc(N)c2c(Cn3cccn3)n(-c3ccccc3)nc2n1. The topological polar surface area (TPSA) is 87.4 Å². The molecular weight excluding hydrogens is 290 g/mol. The van der Waals surface area contributed by atoms with Crippen molar-refractivity contribution < 1.29 is 0 Å². The summed E-state index contributed by atoms with van der Waals surface area (Å²) >= 11 is 0. The Labute approximate surface area is 132 Å². The fourth-order valence-electron chi connectivity index (χ4n) is 2.67. The third-order valence-electron chi connectivity index (χ3n) is 3.64. The third-order valence-corrected chi connectivity index (χ3v) is 3.64. The highest BCUT2D eigenvalue weighted by atomic mass is 15.3. The summed E-state index contributed by atoms with van der Waals surface area (Å²) < 4.78 is 3.69. The molecule has 114 valence electrons. The fraction of sp³-hybridized carbons (Fsp3) is 0.125. The predicted octanol–water partition coefficient (Wildman–Crippen LogP) is 1.95. The minimum atomic E-state index is 0.442. The van der Waals surface area contributed by atoms with Gasteiger partial charge in [0, 0.05) is 12.4 Å². The number of aryl methyl sites for hydroxylation is 1. The van der Waals surface area contributed by atoms with Crippen LogP contribution >= 0.6 is 0 Å². The number of nitrogens with two attached hydrogens (primary N) is 1. The number of hydrogen-bond acceptors (Lipinski definition) is 5. The Morgan fingerprint density at radius 2 is 1.91 bits per heavy atom. The van der Waals surface area contributed by atoms with Gasteiger partial charge in [0.05, 0.1) is 23.3 Å². The Hall–Kier alpha value is -3.22. The molecule has 4 rings (SSSR count). The highest BCUT2D eigenvalue weighted by Gasteiger charge is 2.18. The van der Waals surface area contributed by atoms with Gasteiger partial charge in [-0.3, -0.25) is 4.68 Å². The van der Waals surface area contributed by atoms with E-state index in [1.54, 1.807) is 6.20 Å². The van der Waals surface area contributed by atoms with Gasteiger partial charge in [-0.25, -0.2) is 14.6 Å². The second-order valence-corrected chi connectivity index (χ2v) is 5.25. The largest absolute Gasteiger partial charge is 0.383 e. The van der Waals surface area contributed by atoms with Gasteiger partial charge in [0.15, 0.2) is 5.65 Å². The van der Waals surface area contributed by atoms with Gasteiger partial charge in [0.1, 0.15) is 11.6 Å². The lowest BCUT2D eigenvalue weighted by Crippen LogP contribution is -2.08. The van der Waals surface area contributed by atoms with E-state index in [0.717, 1.165) is 16.8 Å². The summed E-state index contributed by atoms with van der Waals surface area (Å²) in [6.45, 7) is 2.35. The van der Waals surface area contributed by atoms with Gasteiger partial charge < -0.3 is 5.73 Å². The second-order valence-electron chi connectivity index (χ2n) is 5.25. The molecule has 0 spiro atoms. The van der Waals surface area contributed by atoms with Crippen LogP contribution in [0.4, 0.5) is 5.82 Å². The Morgan fingerprint density at radius 1 is 1.09 bits per heavy atom. The second kappa shape index (κ2) is 5.20. The van der Waals surface area contributed by atoms with Crippen molar-refractivity contribution in [1.82, 2.24) is 29.5 Å². The molecule has 0 aliphatic carbocycles. The fourth-order valence-corrected chi connectivity index (χ4v) is 2.67. The van der Waals surface area contributed by atoms with E-state index < -0.39 is 0 Å². The molecule has 4 aromatic rings. The first-order valence-electron chi connectivity index (χ1n) is 7.27. The Balaban J connectivity index is 1.99. The molecule has 3 aromatic heterocycles. The number of anilines is 1. The van der Waals surface area contributed by atoms with Crippen molar-refractivity contribution in [2.24, 2.45) is 0 Å². The van der Waals surface area contributed by atoms with Gasteiger partial charge >= 0.3 is 0 Å². The van der Waals surface area contributed by atoms with Gasteiger partial charge in [-0.1, -0.05) is 18.2 Å². The van der Waals surface area contributed by atoms with E-state index in [4.69, 9.17) is 5.73 Å². The summed E-state index contributed by atoms with van der Waals surface area (Å²) in [5, 5.41) is 9.68. The van der Waals surface area contributed by atoms with Crippen molar-refractivity contribution in [3.63, 3.8) is 0 Å².